The number of nitrogens with one attached hydrogen (secondary N) is 2. The molecule has 0 amide bonds. The highest BCUT2D eigenvalue weighted by molar-refractivity contribution is 5.86. The molecular weight excluding hydrogens is 220 g/mol. The fourth-order valence-corrected chi connectivity index (χ4v) is 3.14. The summed E-state index contributed by atoms with van der Waals surface area (Å²) in [6, 6.07) is 6.69. The first-order valence-corrected chi connectivity index (χ1v) is 7.17. The third kappa shape index (κ3) is 2.17. The number of benzene rings is 1. The van der Waals surface area contributed by atoms with E-state index in [9.17, 15) is 0 Å². The largest absolute Gasteiger partial charge is 0.361 e. The van der Waals surface area contributed by atoms with E-state index in [-0.39, 0.29) is 0 Å². The fraction of sp³-hybridized carbons (Fsp3) is 0.500. The van der Waals surface area contributed by atoms with Gasteiger partial charge >= 0.3 is 0 Å². The standard InChI is InChI=1S/C16H22N2/c1-2-13-4-3-5-15-14(11-18-16(13)15)10-12-6-8-17-9-7-12/h3-5,11-12,17-18H,2,6-10H2,1H3. The van der Waals surface area contributed by atoms with Crippen molar-refractivity contribution in [2.75, 3.05) is 13.1 Å². The first-order chi connectivity index (χ1) is 8.88. The van der Waals surface area contributed by atoms with Gasteiger partial charge < -0.3 is 10.3 Å². The van der Waals surface area contributed by atoms with Crippen molar-refractivity contribution in [2.45, 2.75) is 32.6 Å². The minimum absolute atomic E-state index is 0.857. The van der Waals surface area contributed by atoms with Crippen LogP contribution in [0.3, 0.4) is 0 Å². The summed E-state index contributed by atoms with van der Waals surface area (Å²) in [6.45, 7) is 4.60. The number of piperidine rings is 1. The molecule has 0 bridgehead atoms. The lowest BCUT2D eigenvalue weighted by Crippen LogP contribution is -2.28. The summed E-state index contributed by atoms with van der Waals surface area (Å²) in [4.78, 5) is 3.48. The molecule has 0 spiro atoms. The van der Waals surface area contributed by atoms with Gasteiger partial charge in [0.15, 0.2) is 0 Å². The Balaban J connectivity index is 1.88. The molecule has 18 heavy (non-hydrogen) atoms. The van der Waals surface area contributed by atoms with Crippen LogP contribution in [0.5, 0.6) is 0 Å². The average molecular weight is 242 g/mol. The molecule has 3 rings (SSSR count). The topological polar surface area (TPSA) is 27.8 Å². The molecule has 2 nitrogen and oxygen atoms in total. The van der Waals surface area contributed by atoms with Crippen molar-refractivity contribution in [3.05, 3.63) is 35.5 Å². The summed E-state index contributed by atoms with van der Waals surface area (Å²) in [6.07, 6.45) is 7.20. The summed E-state index contributed by atoms with van der Waals surface area (Å²) >= 11 is 0. The number of hydrogen-bond acceptors (Lipinski definition) is 1. The molecule has 1 aliphatic heterocycles. The molecule has 1 saturated heterocycles. The van der Waals surface area contributed by atoms with Gasteiger partial charge in [0, 0.05) is 17.1 Å². The molecular formula is C16H22N2. The Morgan fingerprint density at radius 1 is 1.17 bits per heavy atom. The highest BCUT2D eigenvalue weighted by Crippen LogP contribution is 2.26. The lowest BCUT2D eigenvalue weighted by atomic mass is 9.90. The zero-order valence-corrected chi connectivity index (χ0v) is 11.1. The van der Waals surface area contributed by atoms with Crippen molar-refractivity contribution < 1.29 is 0 Å². The SMILES string of the molecule is CCc1cccc2c(CC3CCNCC3)c[nH]c12. The number of hydrogen-bond donors (Lipinski definition) is 2. The zero-order valence-electron chi connectivity index (χ0n) is 11.1. The van der Waals surface area contributed by atoms with Crippen LogP contribution in [0.4, 0.5) is 0 Å². The molecule has 0 radical (unpaired) electrons. The fourth-order valence-electron chi connectivity index (χ4n) is 3.14. The molecule has 2 aromatic rings. The van der Waals surface area contributed by atoms with Gasteiger partial charge in [-0.05, 0) is 55.8 Å². The van der Waals surface area contributed by atoms with Gasteiger partial charge in [-0.2, -0.15) is 0 Å². The second-order valence-electron chi connectivity index (χ2n) is 5.40. The minimum Gasteiger partial charge on any atom is -0.361 e. The normalized spacial score (nSPS) is 17.4. The van der Waals surface area contributed by atoms with E-state index in [0.717, 1.165) is 12.3 Å². The smallest absolute Gasteiger partial charge is 0.0489 e. The summed E-state index contributed by atoms with van der Waals surface area (Å²) in [5, 5.41) is 4.88. The maximum atomic E-state index is 3.48. The van der Waals surface area contributed by atoms with Crippen LogP contribution < -0.4 is 5.32 Å². The summed E-state index contributed by atoms with van der Waals surface area (Å²) in [7, 11) is 0. The van der Waals surface area contributed by atoms with Gasteiger partial charge in [0.05, 0.1) is 0 Å². The number of para-hydroxylation sites is 1. The number of aromatic amines is 1. The van der Waals surface area contributed by atoms with Crippen LogP contribution in [0, 0.1) is 5.92 Å². The monoisotopic (exact) mass is 242 g/mol. The molecule has 0 unspecified atom stereocenters. The van der Waals surface area contributed by atoms with Crippen LogP contribution in [0.2, 0.25) is 0 Å². The molecule has 0 saturated carbocycles. The highest BCUT2D eigenvalue weighted by atomic mass is 14.9. The van der Waals surface area contributed by atoms with Crippen LogP contribution in [-0.4, -0.2) is 18.1 Å². The van der Waals surface area contributed by atoms with E-state index in [4.69, 9.17) is 0 Å². The van der Waals surface area contributed by atoms with Crippen LogP contribution in [-0.2, 0) is 12.8 Å². The van der Waals surface area contributed by atoms with Crippen molar-refractivity contribution in [3.8, 4) is 0 Å². The Hall–Kier alpha value is -1.28. The van der Waals surface area contributed by atoms with Gasteiger partial charge in [-0.1, -0.05) is 25.1 Å². The third-order valence-corrected chi connectivity index (χ3v) is 4.24. The van der Waals surface area contributed by atoms with E-state index in [2.05, 4.69) is 41.6 Å². The summed E-state index contributed by atoms with van der Waals surface area (Å²) < 4.78 is 0. The second kappa shape index (κ2) is 5.15. The number of aromatic nitrogens is 1. The van der Waals surface area contributed by atoms with E-state index in [1.165, 1.54) is 54.4 Å². The lowest BCUT2D eigenvalue weighted by molar-refractivity contribution is 0.373. The molecule has 2 N–H and O–H groups in total. The van der Waals surface area contributed by atoms with E-state index >= 15 is 0 Å². The number of fused-ring (bicyclic) bond motifs is 1. The molecule has 1 aliphatic rings. The van der Waals surface area contributed by atoms with Crippen molar-refractivity contribution >= 4 is 10.9 Å². The van der Waals surface area contributed by atoms with Crippen molar-refractivity contribution in [2.24, 2.45) is 5.92 Å². The Morgan fingerprint density at radius 2 is 2.00 bits per heavy atom. The first-order valence-electron chi connectivity index (χ1n) is 7.17. The van der Waals surface area contributed by atoms with Crippen LogP contribution in [0.1, 0.15) is 30.9 Å². The minimum atomic E-state index is 0.857. The number of aryl methyl sites for hydroxylation is 1. The molecule has 1 aromatic carbocycles. The van der Waals surface area contributed by atoms with Crippen LogP contribution in [0.15, 0.2) is 24.4 Å². The maximum absolute atomic E-state index is 3.48. The molecule has 2 heteroatoms. The van der Waals surface area contributed by atoms with Gasteiger partial charge in [-0.25, -0.2) is 0 Å². The van der Waals surface area contributed by atoms with Crippen LogP contribution >= 0.6 is 0 Å². The van der Waals surface area contributed by atoms with Gasteiger partial charge in [0.2, 0.25) is 0 Å². The lowest BCUT2D eigenvalue weighted by Gasteiger charge is -2.22. The highest BCUT2D eigenvalue weighted by Gasteiger charge is 2.15. The maximum Gasteiger partial charge on any atom is 0.0489 e. The third-order valence-electron chi connectivity index (χ3n) is 4.24. The van der Waals surface area contributed by atoms with E-state index in [1.54, 1.807) is 0 Å². The number of H-pyrrole nitrogens is 1. The second-order valence-corrected chi connectivity index (χ2v) is 5.40. The van der Waals surface area contributed by atoms with Crippen LogP contribution in [0.25, 0.3) is 10.9 Å². The first kappa shape index (κ1) is 11.8. The van der Waals surface area contributed by atoms with Crippen molar-refractivity contribution in [3.63, 3.8) is 0 Å². The average Bonchev–Trinajstić information content (AvgIpc) is 2.83. The van der Waals surface area contributed by atoms with Gasteiger partial charge in [0.1, 0.15) is 0 Å². The Kier molecular flexibility index (Phi) is 3.37. The van der Waals surface area contributed by atoms with Gasteiger partial charge in [0.25, 0.3) is 0 Å². The zero-order chi connectivity index (χ0) is 12.4. The molecule has 0 aliphatic carbocycles. The van der Waals surface area contributed by atoms with E-state index < -0.39 is 0 Å². The molecule has 96 valence electrons. The Morgan fingerprint density at radius 3 is 2.78 bits per heavy atom. The van der Waals surface area contributed by atoms with Crippen molar-refractivity contribution in [1.82, 2.24) is 10.3 Å². The van der Waals surface area contributed by atoms with Gasteiger partial charge in [-0.3, -0.25) is 0 Å². The predicted molar refractivity (Wildman–Crippen MR) is 77.0 cm³/mol. The Bertz CT molecular complexity index is 521. The molecule has 1 fully saturated rings. The van der Waals surface area contributed by atoms with Gasteiger partial charge in [-0.15, -0.1) is 0 Å². The molecule has 2 heterocycles. The Labute approximate surface area is 109 Å². The number of rotatable bonds is 3. The molecule has 1 aromatic heterocycles. The molecule has 0 atom stereocenters. The van der Waals surface area contributed by atoms with E-state index in [0.29, 0.717) is 0 Å². The quantitative estimate of drug-likeness (QED) is 0.849. The predicted octanol–water partition coefficient (Wildman–Crippen LogP) is 3.27. The van der Waals surface area contributed by atoms with E-state index in [1.807, 2.05) is 0 Å². The summed E-state index contributed by atoms with van der Waals surface area (Å²) in [5.41, 5.74) is 4.29. The van der Waals surface area contributed by atoms with Crippen molar-refractivity contribution in [1.29, 1.82) is 0 Å². The summed E-state index contributed by atoms with van der Waals surface area (Å²) in [5.74, 6) is 0.857.